The van der Waals surface area contributed by atoms with Gasteiger partial charge in [0.15, 0.2) is 0 Å². The summed E-state index contributed by atoms with van der Waals surface area (Å²) in [6, 6.07) is 4.19. The SMILES string of the molecule is CC(C)NCC(C(=O)N1CCN(c2ncnc3c2C(C)CC3)CC1)c1ccc(Cl)s1. The molecule has 4 rings (SSSR count). The smallest absolute Gasteiger partial charge is 0.232 e. The van der Waals surface area contributed by atoms with Crippen LogP contribution in [0.25, 0.3) is 0 Å². The Hall–Kier alpha value is -1.70. The van der Waals surface area contributed by atoms with Crippen molar-refractivity contribution in [3.8, 4) is 0 Å². The summed E-state index contributed by atoms with van der Waals surface area (Å²) in [5, 5.41) is 3.43. The number of rotatable bonds is 6. The van der Waals surface area contributed by atoms with Crippen LogP contribution in [0.3, 0.4) is 0 Å². The largest absolute Gasteiger partial charge is 0.353 e. The van der Waals surface area contributed by atoms with Gasteiger partial charge in [-0.3, -0.25) is 4.79 Å². The molecule has 0 saturated carbocycles. The van der Waals surface area contributed by atoms with Crippen LogP contribution >= 0.6 is 22.9 Å². The Balaban J connectivity index is 1.45. The Labute approximate surface area is 187 Å². The minimum absolute atomic E-state index is 0.183. The molecule has 2 atom stereocenters. The maximum absolute atomic E-state index is 13.4. The summed E-state index contributed by atoms with van der Waals surface area (Å²) in [7, 11) is 0. The highest BCUT2D eigenvalue weighted by Gasteiger charge is 2.32. The minimum atomic E-state index is -0.195. The van der Waals surface area contributed by atoms with E-state index in [-0.39, 0.29) is 11.8 Å². The quantitative estimate of drug-likeness (QED) is 0.732. The summed E-state index contributed by atoms with van der Waals surface area (Å²) in [5.74, 6) is 1.56. The highest BCUT2D eigenvalue weighted by Crippen LogP contribution is 2.37. The Morgan fingerprint density at radius 1 is 1.27 bits per heavy atom. The number of carbonyl (C=O) groups is 1. The second kappa shape index (κ2) is 9.20. The molecular formula is C22H30ClN5OS. The number of aryl methyl sites for hydroxylation is 1. The zero-order valence-electron chi connectivity index (χ0n) is 17.9. The zero-order chi connectivity index (χ0) is 21.3. The minimum Gasteiger partial charge on any atom is -0.353 e. The maximum Gasteiger partial charge on any atom is 0.232 e. The number of halogens is 1. The Morgan fingerprint density at radius 3 is 2.70 bits per heavy atom. The normalized spacial score (nSPS) is 20.0. The molecule has 162 valence electrons. The van der Waals surface area contributed by atoms with Crippen LogP contribution in [0.2, 0.25) is 4.34 Å². The van der Waals surface area contributed by atoms with Crippen molar-refractivity contribution in [2.24, 2.45) is 0 Å². The lowest BCUT2D eigenvalue weighted by atomic mass is 10.0. The van der Waals surface area contributed by atoms with Crippen LogP contribution in [-0.4, -0.2) is 59.5 Å². The van der Waals surface area contributed by atoms with Crippen LogP contribution in [-0.2, 0) is 11.2 Å². The lowest BCUT2D eigenvalue weighted by Crippen LogP contribution is -2.51. The van der Waals surface area contributed by atoms with Crippen LogP contribution in [0.4, 0.5) is 5.82 Å². The molecule has 1 fully saturated rings. The number of piperazine rings is 1. The average molecular weight is 448 g/mol. The third-order valence-corrected chi connectivity index (χ3v) is 7.45. The van der Waals surface area contributed by atoms with E-state index < -0.39 is 0 Å². The Bertz CT molecular complexity index is 893. The van der Waals surface area contributed by atoms with E-state index in [1.165, 1.54) is 22.6 Å². The third kappa shape index (κ3) is 4.48. The van der Waals surface area contributed by atoms with E-state index in [1.807, 2.05) is 17.0 Å². The summed E-state index contributed by atoms with van der Waals surface area (Å²) in [5.41, 5.74) is 2.50. The van der Waals surface area contributed by atoms with Crippen LogP contribution in [0, 0.1) is 0 Å². The van der Waals surface area contributed by atoms with Gasteiger partial charge in [-0.25, -0.2) is 9.97 Å². The van der Waals surface area contributed by atoms with E-state index in [2.05, 4.69) is 41.0 Å². The molecule has 0 bridgehead atoms. The van der Waals surface area contributed by atoms with Crippen molar-refractivity contribution in [2.45, 2.75) is 51.5 Å². The average Bonchev–Trinajstić information content (AvgIpc) is 3.34. The monoisotopic (exact) mass is 447 g/mol. The van der Waals surface area contributed by atoms with E-state index in [1.54, 1.807) is 6.33 Å². The number of nitrogens with zero attached hydrogens (tertiary/aromatic N) is 4. The Kier molecular flexibility index (Phi) is 6.60. The molecule has 2 aromatic heterocycles. The summed E-state index contributed by atoms with van der Waals surface area (Å²) in [4.78, 5) is 27.9. The molecule has 2 unspecified atom stereocenters. The van der Waals surface area contributed by atoms with E-state index in [0.29, 0.717) is 31.6 Å². The van der Waals surface area contributed by atoms with Crippen LogP contribution < -0.4 is 10.2 Å². The van der Waals surface area contributed by atoms with Crippen molar-refractivity contribution in [1.29, 1.82) is 0 Å². The second-order valence-corrected chi connectivity index (χ2v) is 10.3. The fourth-order valence-corrected chi connectivity index (χ4v) is 5.57. The first-order chi connectivity index (χ1) is 14.4. The van der Waals surface area contributed by atoms with E-state index in [4.69, 9.17) is 11.6 Å². The first-order valence-electron chi connectivity index (χ1n) is 10.8. The molecule has 8 heteroatoms. The fourth-order valence-electron chi connectivity index (χ4n) is 4.41. The van der Waals surface area contributed by atoms with Gasteiger partial charge in [0, 0.05) is 54.9 Å². The lowest BCUT2D eigenvalue weighted by Gasteiger charge is -2.38. The van der Waals surface area contributed by atoms with Gasteiger partial charge < -0.3 is 15.1 Å². The highest BCUT2D eigenvalue weighted by atomic mass is 35.5. The van der Waals surface area contributed by atoms with Crippen LogP contribution in [0.15, 0.2) is 18.5 Å². The number of thiophene rings is 1. The molecule has 0 aromatic carbocycles. The first kappa shape index (κ1) is 21.5. The molecule has 30 heavy (non-hydrogen) atoms. The van der Waals surface area contributed by atoms with Gasteiger partial charge in [0.2, 0.25) is 5.91 Å². The summed E-state index contributed by atoms with van der Waals surface area (Å²) in [6.07, 6.45) is 3.88. The van der Waals surface area contributed by atoms with Crippen molar-refractivity contribution in [3.63, 3.8) is 0 Å². The molecule has 6 nitrogen and oxygen atoms in total. The topological polar surface area (TPSA) is 61.4 Å². The van der Waals surface area contributed by atoms with Gasteiger partial charge in [-0.1, -0.05) is 32.4 Å². The van der Waals surface area contributed by atoms with E-state index in [9.17, 15) is 4.79 Å². The number of fused-ring (bicyclic) bond motifs is 1. The fraction of sp³-hybridized carbons (Fsp3) is 0.591. The van der Waals surface area contributed by atoms with Crippen LogP contribution in [0.1, 0.15) is 55.2 Å². The molecule has 0 spiro atoms. The molecule has 1 amide bonds. The predicted octanol–water partition coefficient (Wildman–Crippen LogP) is 3.67. The summed E-state index contributed by atoms with van der Waals surface area (Å²) >= 11 is 7.66. The second-order valence-electron chi connectivity index (χ2n) is 8.57. The maximum atomic E-state index is 13.4. The number of amides is 1. The number of hydrogen-bond donors (Lipinski definition) is 1. The van der Waals surface area contributed by atoms with E-state index >= 15 is 0 Å². The summed E-state index contributed by atoms with van der Waals surface area (Å²) < 4.78 is 0.726. The van der Waals surface area contributed by atoms with Gasteiger partial charge in [-0.2, -0.15) is 0 Å². The van der Waals surface area contributed by atoms with Crippen LogP contribution in [0.5, 0.6) is 0 Å². The van der Waals surface area contributed by atoms with Gasteiger partial charge in [0.1, 0.15) is 12.1 Å². The number of aromatic nitrogens is 2. The highest BCUT2D eigenvalue weighted by molar-refractivity contribution is 7.16. The standard InChI is InChI=1S/C22H30ClN5OS/c1-14(2)24-12-16(18-6-7-19(23)30-18)22(29)28-10-8-27(9-11-28)21-20-15(3)4-5-17(20)25-13-26-21/h6-7,13-16,24H,4-5,8-12H2,1-3H3. The molecule has 1 aliphatic heterocycles. The molecule has 1 saturated heterocycles. The molecule has 3 heterocycles. The summed E-state index contributed by atoms with van der Waals surface area (Å²) in [6.45, 7) is 10.1. The Morgan fingerprint density at radius 2 is 2.03 bits per heavy atom. The molecule has 0 radical (unpaired) electrons. The van der Waals surface area contributed by atoms with Crippen molar-refractivity contribution in [1.82, 2.24) is 20.2 Å². The van der Waals surface area contributed by atoms with E-state index in [0.717, 1.165) is 41.0 Å². The molecule has 1 aliphatic carbocycles. The number of carbonyl (C=O) groups excluding carboxylic acids is 1. The number of hydrogen-bond acceptors (Lipinski definition) is 6. The molecule has 2 aliphatic rings. The third-order valence-electron chi connectivity index (χ3n) is 6.11. The zero-order valence-corrected chi connectivity index (χ0v) is 19.5. The van der Waals surface area contributed by atoms with Crippen molar-refractivity contribution >= 4 is 34.7 Å². The number of anilines is 1. The number of nitrogens with one attached hydrogen (secondary N) is 1. The predicted molar refractivity (Wildman–Crippen MR) is 123 cm³/mol. The molecule has 2 aromatic rings. The van der Waals surface area contributed by atoms with Crippen molar-refractivity contribution in [3.05, 3.63) is 38.9 Å². The van der Waals surface area contributed by atoms with Crippen molar-refractivity contribution in [2.75, 3.05) is 37.6 Å². The van der Waals surface area contributed by atoms with Gasteiger partial charge >= 0.3 is 0 Å². The first-order valence-corrected chi connectivity index (χ1v) is 12.0. The van der Waals surface area contributed by atoms with Gasteiger partial charge in [-0.05, 0) is 30.9 Å². The van der Waals surface area contributed by atoms with Gasteiger partial charge in [0.05, 0.1) is 10.3 Å². The van der Waals surface area contributed by atoms with Gasteiger partial charge in [-0.15, -0.1) is 11.3 Å². The lowest BCUT2D eigenvalue weighted by molar-refractivity contribution is -0.133. The molecular weight excluding hydrogens is 418 g/mol. The molecule has 1 N–H and O–H groups in total. The van der Waals surface area contributed by atoms with Crippen molar-refractivity contribution < 1.29 is 4.79 Å². The van der Waals surface area contributed by atoms with Gasteiger partial charge in [0.25, 0.3) is 0 Å².